The Kier molecular flexibility index (Phi) is 4.59. The van der Waals surface area contributed by atoms with Crippen LogP contribution in [0.25, 0.3) is 10.8 Å². The van der Waals surface area contributed by atoms with Crippen molar-refractivity contribution in [1.29, 1.82) is 0 Å². The van der Waals surface area contributed by atoms with E-state index in [2.05, 4.69) is 63.7 Å². The smallest absolute Gasteiger partial charge is 0.0410 e. The summed E-state index contributed by atoms with van der Waals surface area (Å²) in [6.07, 6.45) is 0. The first-order chi connectivity index (χ1) is 10.2. The molecule has 0 radical (unpaired) electrons. The molecule has 3 aromatic carbocycles. The van der Waals surface area contributed by atoms with Gasteiger partial charge in [-0.1, -0.05) is 70.0 Å². The van der Waals surface area contributed by atoms with E-state index in [0.29, 0.717) is 0 Å². The summed E-state index contributed by atoms with van der Waals surface area (Å²) in [5.41, 5.74) is 2.48. The van der Waals surface area contributed by atoms with Crippen molar-refractivity contribution >= 4 is 38.3 Å². The first-order valence-corrected chi connectivity index (χ1v) is 8.02. The van der Waals surface area contributed by atoms with Gasteiger partial charge in [0, 0.05) is 22.6 Å². The van der Waals surface area contributed by atoms with Gasteiger partial charge in [-0.15, -0.1) is 0 Å². The van der Waals surface area contributed by atoms with Gasteiger partial charge in [-0.25, -0.2) is 0 Å². The zero-order chi connectivity index (χ0) is 14.7. The summed E-state index contributed by atoms with van der Waals surface area (Å²) in [6.45, 7) is 1.62. The van der Waals surface area contributed by atoms with Gasteiger partial charge in [-0.05, 0) is 40.1 Å². The van der Waals surface area contributed by atoms with Crippen LogP contribution in [0.1, 0.15) is 11.1 Å². The molecule has 3 rings (SSSR count). The molecule has 0 bridgehead atoms. The van der Waals surface area contributed by atoms with E-state index < -0.39 is 0 Å². The van der Waals surface area contributed by atoms with E-state index in [4.69, 9.17) is 11.6 Å². The molecule has 0 aromatic heterocycles. The van der Waals surface area contributed by atoms with Gasteiger partial charge in [-0.2, -0.15) is 0 Å². The molecule has 0 fully saturated rings. The third-order valence-corrected chi connectivity index (χ3v) is 4.53. The third kappa shape index (κ3) is 3.46. The molecule has 0 unspecified atom stereocenters. The summed E-state index contributed by atoms with van der Waals surface area (Å²) in [4.78, 5) is 0. The Hall–Kier alpha value is -1.35. The van der Waals surface area contributed by atoms with E-state index in [9.17, 15) is 0 Å². The fraction of sp³-hybridized carbons (Fsp3) is 0.111. The molecule has 0 aliphatic rings. The van der Waals surface area contributed by atoms with Crippen LogP contribution in [-0.2, 0) is 13.1 Å². The van der Waals surface area contributed by atoms with Crippen molar-refractivity contribution < 1.29 is 0 Å². The Morgan fingerprint density at radius 1 is 0.857 bits per heavy atom. The Labute approximate surface area is 138 Å². The van der Waals surface area contributed by atoms with Crippen molar-refractivity contribution in [3.63, 3.8) is 0 Å². The molecule has 0 aliphatic carbocycles. The number of benzene rings is 3. The van der Waals surface area contributed by atoms with Crippen LogP contribution in [0.4, 0.5) is 0 Å². The molecule has 0 saturated carbocycles. The number of nitrogens with one attached hydrogen (secondary N) is 1. The molecule has 3 aromatic rings. The van der Waals surface area contributed by atoms with Gasteiger partial charge < -0.3 is 5.32 Å². The van der Waals surface area contributed by atoms with Crippen LogP contribution < -0.4 is 5.32 Å². The predicted molar refractivity (Wildman–Crippen MR) is 93.6 cm³/mol. The second kappa shape index (κ2) is 6.61. The summed E-state index contributed by atoms with van der Waals surface area (Å²) in [5, 5.41) is 6.84. The van der Waals surface area contributed by atoms with Crippen molar-refractivity contribution in [2.45, 2.75) is 13.1 Å². The molecule has 0 atom stereocenters. The van der Waals surface area contributed by atoms with Gasteiger partial charge in [0.2, 0.25) is 0 Å². The van der Waals surface area contributed by atoms with Gasteiger partial charge in [0.25, 0.3) is 0 Å². The minimum Gasteiger partial charge on any atom is -0.309 e. The minimum atomic E-state index is 0.764. The van der Waals surface area contributed by atoms with Gasteiger partial charge >= 0.3 is 0 Å². The molecule has 0 amide bonds. The van der Waals surface area contributed by atoms with E-state index in [1.54, 1.807) is 0 Å². The fourth-order valence-corrected chi connectivity index (χ4v) is 3.04. The molecule has 3 heteroatoms. The zero-order valence-electron chi connectivity index (χ0n) is 11.4. The molecule has 21 heavy (non-hydrogen) atoms. The lowest BCUT2D eigenvalue weighted by molar-refractivity contribution is 0.695. The van der Waals surface area contributed by atoms with Crippen molar-refractivity contribution in [3.05, 3.63) is 81.3 Å². The van der Waals surface area contributed by atoms with Crippen molar-refractivity contribution in [3.8, 4) is 0 Å². The topological polar surface area (TPSA) is 12.0 Å². The summed E-state index contributed by atoms with van der Waals surface area (Å²) >= 11 is 9.60. The lowest BCUT2D eigenvalue weighted by atomic mass is 10.0. The maximum Gasteiger partial charge on any atom is 0.0410 e. The van der Waals surface area contributed by atoms with Crippen LogP contribution in [0.15, 0.2) is 65.1 Å². The third-order valence-electron chi connectivity index (χ3n) is 3.52. The van der Waals surface area contributed by atoms with Crippen LogP contribution in [0.3, 0.4) is 0 Å². The number of rotatable bonds is 4. The maximum absolute atomic E-state index is 6.04. The minimum absolute atomic E-state index is 0.764. The van der Waals surface area contributed by atoms with Crippen molar-refractivity contribution in [2.24, 2.45) is 0 Å². The second-order valence-electron chi connectivity index (χ2n) is 4.98. The highest BCUT2D eigenvalue weighted by Crippen LogP contribution is 2.22. The van der Waals surface area contributed by atoms with E-state index in [1.807, 2.05) is 18.2 Å². The highest BCUT2D eigenvalue weighted by molar-refractivity contribution is 9.10. The molecule has 0 saturated heterocycles. The normalized spacial score (nSPS) is 11.0. The second-order valence-corrected chi connectivity index (χ2v) is 6.27. The van der Waals surface area contributed by atoms with E-state index >= 15 is 0 Å². The molecular formula is C18H15BrClN. The maximum atomic E-state index is 6.04. The van der Waals surface area contributed by atoms with Crippen LogP contribution in [0.2, 0.25) is 5.02 Å². The molecule has 0 aliphatic heterocycles. The number of hydrogen-bond acceptors (Lipinski definition) is 1. The predicted octanol–water partition coefficient (Wildman–Crippen LogP) is 5.55. The highest BCUT2D eigenvalue weighted by atomic mass is 79.9. The van der Waals surface area contributed by atoms with E-state index in [0.717, 1.165) is 22.6 Å². The Morgan fingerprint density at radius 2 is 1.62 bits per heavy atom. The van der Waals surface area contributed by atoms with Crippen LogP contribution in [-0.4, -0.2) is 0 Å². The largest absolute Gasteiger partial charge is 0.309 e. The average Bonchev–Trinajstić information content (AvgIpc) is 2.51. The van der Waals surface area contributed by atoms with Crippen LogP contribution in [0.5, 0.6) is 0 Å². The van der Waals surface area contributed by atoms with Crippen LogP contribution >= 0.6 is 27.5 Å². The summed E-state index contributed by atoms with van der Waals surface area (Å²) < 4.78 is 1.08. The summed E-state index contributed by atoms with van der Waals surface area (Å²) in [5.74, 6) is 0. The summed E-state index contributed by atoms with van der Waals surface area (Å²) in [6, 6.07) is 20.7. The number of fused-ring (bicyclic) bond motifs is 1. The summed E-state index contributed by atoms with van der Waals surface area (Å²) in [7, 11) is 0. The van der Waals surface area contributed by atoms with Crippen molar-refractivity contribution in [1.82, 2.24) is 5.32 Å². The van der Waals surface area contributed by atoms with Crippen LogP contribution in [0, 0.1) is 0 Å². The van der Waals surface area contributed by atoms with Gasteiger partial charge in [0.15, 0.2) is 0 Å². The highest BCUT2D eigenvalue weighted by Gasteiger charge is 2.03. The number of hydrogen-bond donors (Lipinski definition) is 1. The quantitative estimate of drug-likeness (QED) is 0.643. The lowest BCUT2D eigenvalue weighted by Crippen LogP contribution is -2.13. The van der Waals surface area contributed by atoms with E-state index in [-0.39, 0.29) is 0 Å². The molecule has 1 N–H and O–H groups in total. The van der Waals surface area contributed by atoms with Gasteiger partial charge in [-0.3, -0.25) is 0 Å². The average molecular weight is 361 g/mol. The Balaban J connectivity index is 1.74. The number of halogens is 2. The standard InChI is InChI=1S/C18H15BrClN/c19-18-9-8-16(20)10-15(18)12-21-11-14-6-3-5-13-4-1-2-7-17(13)14/h1-10,21H,11-12H2. The van der Waals surface area contributed by atoms with E-state index in [1.165, 1.54) is 21.9 Å². The lowest BCUT2D eigenvalue weighted by Gasteiger charge is -2.10. The van der Waals surface area contributed by atoms with Gasteiger partial charge in [0.05, 0.1) is 0 Å². The molecule has 106 valence electrons. The molecule has 0 heterocycles. The fourth-order valence-electron chi connectivity index (χ4n) is 2.46. The zero-order valence-corrected chi connectivity index (χ0v) is 13.8. The van der Waals surface area contributed by atoms with Crippen molar-refractivity contribution in [2.75, 3.05) is 0 Å². The monoisotopic (exact) mass is 359 g/mol. The Bertz CT molecular complexity index is 765. The molecule has 1 nitrogen and oxygen atoms in total. The molecule has 0 spiro atoms. The van der Waals surface area contributed by atoms with Gasteiger partial charge in [0.1, 0.15) is 0 Å². The SMILES string of the molecule is Clc1ccc(Br)c(CNCc2cccc3ccccc23)c1. The molecular weight excluding hydrogens is 346 g/mol. The Morgan fingerprint density at radius 3 is 2.52 bits per heavy atom. The first kappa shape index (κ1) is 14.6. The first-order valence-electron chi connectivity index (χ1n) is 6.85.